The number of amides is 1. The van der Waals surface area contributed by atoms with Gasteiger partial charge in [0.05, 0.1) is 12.2 Å². The summed E-state index contributed by atoms with van der Waals surface area (Å²) >= 11 is 0. The van der Waals surface area contributed by atoms with Gasteiger partial charge in [-0.2, -0.15) is 0 Å². The van der Waals surface area contributed by atoms with E-state index >= 15 is 0 Å². The third-order valence-corrected chi connectivity index (χ3v) is 3.24. The first-order valence-corrected chi connectivity index (χ1v) is 7.85. The summed E-state index contributed by atoms with van der Waals surface area (Å²) in [6, 6.07) is 5.15. The Kier molecular flexibility index (Phi) is 8.46. The molecule has 0 fully saturated rings. The molecule has 2 aromatic rings. The van der Waals surface area contributed by atoms with Crippen LogP contribution in [0.25, 0.3) is 0 Å². The molecule has 0 saturated carbocycles. The average molecular weight is 461 g/mol. The summed E-state index contributed by atoms with van der Waals surface area (Å²) in [5.41, 5.74) is 6.07. The molecule has 0 bridgehead atoms. The van der Waals surface area contributed by atoms with Gasteiger partial charge >= 0.3 is 0 Å². The maximum Gasteiger partial charge on any atom is 0.284 e. The van der Waals surface area contributed by atoms with Crippen molar-refractivity contribution in [3.63, 3.8) is 0 Å². The maximum absolute atomic E-state index is 11.0. The normalized spacial score (nSPS) is 11.3. The Bertz CT molecular complexity index is 708. The Morgan fingerprint density at radius 3 is 2.64 bits per heavy atom. The van der Waals surface area contributed by atoms with Gasteiger partial charge in [0, 0.05) is 12.6 Å². The van der Waals surface area contributed by atoms with Gasteiger partial charge in [0.25, 0.3) is 5.91 Å². The predicted molar refractivity (Wildman–Crippen MR) is 105 cm³/mol. The highest BCUT2D eigenvalue weighted by molar-refractivity contribution is 14.0. The predicted octanol–water partition coefficient (Wildman–Crippen LogP) is 2.36. The molecule has 0 saturated heterocycles. The number of aromatic nitrogens is 1. The van der Waals surface area contributed by atoms with Crippen LogP contribution in [0.3, 0.4) is 0 Å². The Balaban J connectivity index is 0.00000312. The van der Waals surface area contributed by atoms with Gasteiger partial charge in [0.1, 0.15) is 12.3 Å². The molecule has 4 N–H and O–H groups in total. The van der Waals surface area contributed by atoms with Crippen molar-refractivity contribution in [2.45, 2.75) is 39.8 Å². The van der Waals surface area contributed by atoms with Crippen LogP contribution >= 0.6 is 24.0 Å². The SMILES string of the molecule is CCNC(=NCc1cc(C(C)C)no1)NCc1ccc(C(N)=O)o1.I. The summed E-state index contributed by atoms with van der Waals surface area (Å²) in [5.74, 6) is 1.76. The molecular formula is C16H24IN5O3. The monoisotopic (exact) mass is 461 g/mol. The topological polar surface area (TPSA) is 119 Å². The van der Waals surface area contributed by atoms with Gasteiger partial charge in [-0.25, -0.2) is 4.99 Å². The van der Waals surface area contributed by atoms with Crippen LogP contribution in [0.2, 0.25) is 0 Å². The number of aliphatic imine (C=N–C) groups is 1. The Morgan fingerprint density at radius 2 is 2.08 bits per heavy atom. The fourth-order valence-corrected chi connectivity index (χ4v) is 1.95. The number of nitrogens with zero attached hydrogens (tertiary/aromatic N) is 2. The summed E-state index contributed by atoms with van der Waals surface area (Å²) in [6.07, 6.45) is 0. The molecule has 0 spiro atoms. The fourth-order valence-electron chi connectivity index (χ4n) is 1.95. The number of nitrogens with two attached hydrogens (primary N) is 1. The summed E-state index contributed by atoms with van der Waals surface area (Å²) in [6.45, 7) is 7.55. The second kappa shape index (κ2) is 10.1. The summed E-state index contributed by atoms with van der Waals surface area (Å²) in [4.78, 5) is 15.5. The van der Waals surface area contributed by atoms with Crippen molar-refractivity contribution in [2.24, 2.45) is 10.7 Å². The highest BCUT2D eigenvalue weighted by Crippen LogP contribution is 2.14. The van der Waals surface area contributed by atoms with Crippen LogP contribution < -0.4 is 16.4 Å². The largest absolute Gasteiger partial charge is 0.454 e. The zero-order valence-corrected chi connectivity index (χ0v) is 16.9. The Labute approximate surface area is 163 Å². The van der Waals surface area contributed by atoms with Crippen LogP contribution in [0, 0.1) is 0 Å². The third-order valence-electron chi connectivity index (χ3n) is 3.24. The number of carbonyl (C=O) groups is 1. The molecule has 0 unspecified atom stereocenters. The van der Waals surface area contributed by atoms with E-state index in [1.54, 1.807) is 12.1 Å². The average Bonchev–Trinajstić information content (AvgIpc) is 3.19. The van der Waals surface area contributed by atoms with E-state index in [0.29, 0.717) is 43.0 Å². The van der Waals surface area contributed by atoms with E-state index in [2.05, 4.69) is 34.6 Å². The number of hydrogen-bond donors (Lipinski definition) is 3. The van der Waals surface area contributed by atoms with Crippen LogP contribution in [0.5, 0.6) is 0 Å². The van der Waals surface area contributed by atoms with Crippen molar-refractivity contribution in [1.82, 2.24) is 15.8 Å². The van der Waals surface area contributed by atoms with Crippen LogP contribution in [0.4, 0.5) is 0 Å². The van der Waals surface area contributed by atoms with Gasteiger partial charge < -0.3 is 25.3 Å². The minimum absolute atomic E-state index is 0. The smallest absolute Gasteiger partial charge is 0.284 e. The summed E-state index contributed by atoms with van der Waals surface area (Å²) in [7, 11) is 0. The lowest BCUT2D eigenvalue weighted by Crippen LogP contribution is -2.36. The van der Waals surface area contributed by atoms with E-state index in [1.807, 2.05) is 13.0 Å². The lowest BCUT2D eigenvalue weighted by molar-refractivity contribution is 0.0972. The molecule has 0 aliphatic rings. The number of guanidine groups is 1. The number of furan rings is 1. The van der Waals surface area contributed by atoms with E-state index < -0.39 is 5.91 Å². The van der Waals surface area contributed by atoms with Crippen molar-refractivity contribution in [1.29, 1.82) is 0 Å². The van der Waals surface area contributed by atoms with Crippen LogP contribution in [0.15, 0.2) is 32.1 Å². The second-order valence-corrected chi connectivity index (χ2v) is 5.55. The first-order chi connectivity index (χ1) is 11.5. The van der Waals surface area contributed by atoms with E-state index in [-0.39, 0.29) is 29.7 Å². The zero-order chi connectivity index (χ0) is 17.5. The number of primary amides is 1. The van der Waals surface area contributed by atoms with Crippen LogP contribution in [-0.4, -0.2) is 23.6 Å². The molecule has 0 aliphatic carbocycles. The van der Waals surface area contributed by atoms with Gasteiger partial charge in [-0.1, -0.05) is 19.0 Å². The molecule has 25 heavy (non-hydrogen) atoms. The highest BCUT2D eigenvalue weighted by atomic mass is 127. The van der Waals surface area contributed by atoms with Crippen molar-refractivity contribution < 1.29 is 13.7 Å². The fraction of sp³-hybridized carbons (Fsp3) is 0.438. The number of nitrogens with one attached hydrogen (secondary N) is 2. The van der Waals surface area contributed by atoms with Crippen molar-refractivity contribution in [2.75, 3.05) is 6.54 Å². The molecule has 0 aromatic carbocycles. The molecule has 138 valence electrons. The van der Waals surface area contributed by atoms with Gasteiger partial charge in [-0.05, 0) is 25.0 Å². The first kappa shape index (κ1) is 21.0. The number of carbonyl (C=O) groups excluding carboxylic acids is 1. The van der Waals surface area contributed by atoms with Gasteiger partial charge in [0.15, 0.2) is 17.5 Å². The standard InChI is InChI=1S/C16H23N5O3.HI/c1-4-18-16(19-8-11-5-6-14(23-11)15(17)22)20-9-12-7-13(10(2)3)21-24-12;/h5-7,10H,4,8-9H2,1-3H3,(H2,17,22)(H2,18,19,20);1H. The van der Waals surface area contributed by atoms with E-state index in [9.17, 15) is 4.79 Å². The maximum atomic E-state index is 11.0. The van der Waals surface area contributed by atoms with Gasteiger partial charge in [0.2, 0.25) is 0 Å². The summed E-state index contributed by atoms with van der Waals surface area (Å²) in [5, 5.41) is 10.3. The van der Waals surface area contributed by atoms with Gasteiger partial charge in [-0.15, -0.1) is 24.0 Å². The molecule has 0 atom stereocenters. The van der Waals surface area contributed by atoms with Crippen LogP contribution in [0.1, 0.15) is 54.5 Å². The molecule has 8 nitrogen and oxygen atoms in total. The number of hydrogen-bond acceptors (Lipinski definition) is 5. The molecule has 1 amide bonds. The van der Waals surface area contributed by atoms with Crippen molar-refractivity contribution in [3.8, 4) is 0 Å². The van der Waals surface area contributed by atoms with Gasteiger partial charge in [-0.3, -0.25) is 4.79 Å². The minimum Gasteiger partial charge on any atom is -0.454 e. The van der Waals surface area contributed by atoms with E-state index in [1.165, 1.54) is 0 Å². The quantitative estimate of drug-likeness (QED) is 0.331. The molecule has 2 rings (SSSR count). The molecular weight excluding hydrogens is 437 g/mol. The first-order valence-electron chi connectivity index (χ1n) is 7.85. The number of rotatable bonds is 7. The zero-order valence-electron chi connectivity index (χ0n) is 14.5. The molecule has 0 radical (unpaired) electrons. The highest BCUT2D eigenvalue weighted by Gasteiger charge is 2.09. The van der Waals surface area contributed by atoms with Crippen molar-refractivity contribution in [3.05, 3.63) is 41.2 Å². The van der Waals surface area contributed by atoms with E-state index in [0.717, 1.165) is 5.69 Å². The van der Waals surface area contributed by atoms with E-state index in [4.69, 9.17) is 14.7 Å². The molecule has 9 heteroatoms. The molecule has 2 heterocycles. The molecule has 2 aromatic heterocycles. The van der Waals surface area contributed by atoms with Crippen molar-refractivity contribution >= 4 is 35.8 Å². The minimum atomic E-state index is -0.590. The Hall–Kier alpha value is -2.04. The molecule has 0 aliphatic heterocycles. The van der Waals surface area contributed by atoms with Crippen LogP contribution in [-0.2, 0) is 13.1 Å². The second-order valence-electron chi connectivity index (χ2n) is 5.55. The Morgan fingerprint density at radius 1 is 1.32 bits per heavy atom. The lowest BCUT2D eigenvalue weighted by atomic mass is 10.1. The summed E-state index contributed by atoms with van der Waals surface area (Å²) < 4.78 is 10.6. The number of halogens is 1. The third kappa shape index (κ3) is 6.40. The lowest BCUT2D eigenvalue weighted by Gasteiger charge is -2.09.